The molecule has 0 radical (unpaired) electrons. The molecule has 1 aliphatic heterocycles. The van der Waals surface area contributed by atoms with Crippen LogP contribution in [0, 0.1) is 0 Å². The predicted octanol–water partition coefficient (Wildman–Crippen LogP) is 4.04. The van der Waals surface area contributed by atoms with E-state index in [9.17, 15) is 9.59 Å². The first-order valence-electron chi connectivity index (χ1n) is 7.78. The molecule has 2 atom stereocenters. The number of amides is 1. The number of esters is 1. The minimum atomic E-state index is -0.357. The third kappa shape index (κ3) is 2.89. The Bertz CT molecular complexity index is 790. The van der Waals surface area contributed by atoms with Gasteiger partial charge >= 0.3 is 5.97 Å². The van der Waals surface area contributed by atoms with Crippen molar-refractivity contribution < 1.29 is 14.3 Å². The number of hydrogen-bond acceptors (Lipinski definition) is 3. The summed E-state index contributed by atoms with van der Waals surface area (Å²) in [6, 6.07) is 14.2. The Hall–Kier alpha value is -2.33. The summed E-state index contributed by atoms with van der Waals surface area (Å²) in [5, 5.41) is 0.520. The average molecular weight is 344 g/mol. The summed E-state index contributed by atoms with van der Waals surface area (Å²) in [4.78, 5) is 26.9. The number of nitrogens with zero attached hydrogens (tertiary/aromatic N) is 1. The van der Waals surface area contributed by atoms with Gasteiger partial charge in [-0.3, -0.25) is 9.59 Å². The third-order valence-electron chi connectivity index (χ3n) is 4.37. The second-order valence-electron chi connectivity index (χ2n) is 5.90. The number of para-hydroxylation sites is 1. The van der Waals surface area contributed by atoms with Crippen molar-refractivity contribution in [2.24, 2.45) is 0 Å². The molecule has 1 heterocycles. The fourth-order valence-electron chi connectivity index (χ4n) is 3.25. The van der Waals surface area contributed by atoms with Crippen LogP contribution in [0.25, 0.3) is 0 Å². The molecular weight excluding hydrogens is 326 g/mol. The Morgan fingerprint density at radius 1 is 1.17 bits per heavy atom. The first-order chi connectivity index (χ1) is 11.5. The lowest BCUT2D eigenvalue weighted by Gasteiger charge is -2.38. The minimum absolute atomic E-state index is 0.124. The minimum Gasteiger partial charge on any atom is -0.469 e. The van der Waals surface area contributed by atoms with Crippen LogP contribution in [0.4, 0.5) is 5.69 Å². The normalized spacial score (nSPS) is 19.5. The number of rotatable bonds is 2. The molecule has 0 N–H and O–H groups in total. The Kier molecular flexibility index (Phi) is 4.58. The molecule has 1 aliphatic rings. The maximum Gasteiger partial charge on any atom is 0.313 e. The van der Waals surface area contributed by atoms with Crippen LogP contribution in [-0.4, -0.2) is 25.0 Å². The zero-order valence-electron chi connectivity index (χ0n) is 13.5. The molecule has 5 heteroatoms. The van der Waals surface area contributed by atoms with E-state index in [1.807, 2.05) is 31.2 Å². The van der Waals surface area contributed by atoms with Gasteiger partial charge in [-0.1, -0.05) is 35.9 Å². The molecule has 0 spiro atoms. The summed E-state index contributed by atoms with van der Waals surface area (Å²) in [7, 11) is 1.39. The summed E-state index contributed by atoms with van der Waals surface area (Å²) < 4.78 is 4.93. The fourth-order valence-corrected chi connectivity index (χ4v) is 3.44. The zero-order valence-corrected chi connectivity index (χ0v) is 14.3. The first kappa shape index (κ1) is 16.5. The number of hydrogen-bond donors (Lipinski definition) is 0. The van der Waals surface area contributed by atoms with Gasteiger partial charge in [0.05, 0.1) is 13.0 Å². The molecule has 2 unspecified atom stereocenters. The second-order valence-corrected chi connectivity index (χ2v) is 6.34. The number of benzene rings is 2. The molecule has 2 aromatic carbocycles. The van der Waals surface area contributed by atoms with Gasteiger partial charge in [-0.2, -0.15) is 0 Å². The van der Waals surface area contributed by atoms with Crippen molar-refractivity contribution in [2.45, 2.75) is 25.3 Å². The number of carbonyl (C=O) groups excluding carboxylic acids is 2. The zero-order chi connectivity index (χ0) is 17.3. The van der Waals surface area contributed by atoms with E-state index < -0.39 is 0 Å². The molecule has 1 amide bonds. The molecule has 0 saturated heterocycles. The molecule has 0 aliphatic carbocycles. The van der Waals surface area contributed by atoms with Crippen molar-refractivity contribution in [3.63, 3.8) is 0 Å². The van der Waals surface area contributed by atoms with Crippen molar-refractivity contribution in [3.05, 3.63) is 64.7 Å². The Morgan fingerprint density at radius 2 is 1.92 bits per heavy atom. The molecule has 24 heavy (non-hydrogen) atoms. The van der Waals surface area contributed by atoms with Gasteiger partial charge in [0.1, 0.15) is 0 Å². The van der Waals surface area contributed by atoms with E-state index in [-0.39, 0.29) is 23.8 Å². The first-order valence-corrected chi connectivity index (χ1v) is 8.16. The molecule has 0 bridgehead atoms. The van der Waals surface area contributed by atoms with Crippen LogP contribution in [-0.2, 0) is 9.53 Å². The quantitative estimate of drug-likeness (QED) is 0.773. The van der Waals surface area contributed by atoms with Crippen LogP contribution >= 0.6 is 11.6 Å². The van der Waals surface area contributed by atoms with Gasteiger partial charge in [0.2, 0.25) is 0 Å². The number of fused-ring (bicyclic) bond motifs is 1. The van der Waals surface area contributed by atoms with E-state index in [0.717, 1.165) is 11.3 Å². The largest absolute Gasteiger partial charge is 0.469 e. The molecule has 0 saturated carbocycles. The summed E-state index contributed by atoms with van der Waals surface area (Å²) >= 11 is 6.02. The van der Waals surface area contributed by atoms with Crippen LogP contribution in [0.3, 0.4) is 0 Å². The van der Waals surface area contributed by atoms with Gasteiger partial charge in [0, 0.05) is 22.3 Å². The van der Waals surface area contributed by atoms with Crippen molar-refractivity contribution >= 4 is 29.2 Å². The highest BCUT2D eigenvalue weighted by atomic mass is 35.5. The van der Waals surface area contributed by atoms with Crippen LogP contribution in [0.5, 0.6) is 0 Å². The van der Waals surface area contributed by atoms with Crippen molar-refractivity contribution in [2.75, 3.05) is 12.0 Å². The highest BCUT2D eigenvalue weighted by Crippen LogP contribution is 2.39. The van der Waals surface area contributed by atoms with E-state index in [0.29, 0.717) is 17.0 Å². The Labute approximate surface area is 146 Å². The van der Waals surface area contributed by atoms with Crippen LogP contribution < -0.4 is 4.90 Å². The van der Waals surface area contributed by atoms with Crippen molar-refractivity contribution in [1.82, 2.24) is 0 Å². The lowest BCUT2D eigenvalue weighted by atomic mass is 9.85. The lowest BCUT2D eigenvalue weighted by molar-refractivity contribution is -0.142. The Morgan fingerprint density at radius 3 is 2.62 bits per heavy atom. The van der Waals surface area contributed by atoms with Crippen LogP contribution in [0.1, 0.15) is 35.2 Å². The molecule has 4 nitrogen and oxygen atoms in total. The number of halogens is 1. The van der Waals surface area contributed by atoms with Gasteiger partial charge in [0.25, 0.3) is 5.91 Å². The molecule has 124 valence electrons. The lowest BCUT2D eigenvalue weighted by Crippen LogP contribution is -2.44. The molecule has 2 aromatic rings. The summed E-state index contributed by atoms with van der Waals surface area (Å²) in [5.74, 6) is -0.755. The number of anilines is 1. The number of ether oxygens (including phenoxy) is 1. The van der Waals surface area contributed by atoms with Gasteiger partial charge < -0.3 is 9.64 Å². The van der Waals surface area contributed by atoms with E-state index in [1.54, 1.807) is 29.2 Å². The SMILES string of the molecule is COC(=O)C1CC(C)N(C(=O)c2cccc(Cl)c2)c2ccccc21. The maximum atomic E-state index is 13.0. The fraction of sp³-hybridized carbons (Fsp3) is 0.263. The van der Waals surface area contributed by atoms with Crippen molar-refractivity contribution in [1.29, 1.82) is 0 Å². The highest BCUT2D eigenvalue weighted by Gasteiger charge is 2.37. The average Bonchev–Trinajstić information content (AvgIpc) is 2.60. The van der Waals surface area contributed by atoms with E-state index in [1.165, 1.54) is 7.11 Å². The topological polar surface area (TPSA) is 46.6 Å². The standard InChI is InChI=1S/C19H18ClNO3/c1-12-10-16(19(23)24-2)15-8-3-4-9-17(15)21(12)18(22)13-6-5-7-14(20)11-13/h3-9,11-12,16H,10H2,1-2H3. The summed E-state index contributed by atoms with van der Waals surface area (Å²) in [6.07, 6.45) is 0.524. The highest BCUT2D eigenvalue weighted by molar-refractivity contribution is 6.31. The molecule has 0 fully saturated rings. The smallest absolute Gasteiger partial charge is 0.313 e. The van der Waals surface area contributed by atoms with Crippen LogP contribution in [0.15, 0.2) is 48.5 Å². The second kappa shape index (κ2) is 6.65. The third-order valence-corrected chi connectivity index (χ3v) is 4.60. The van der Waals surface area contributed by atoms with Gasteiger partial charge in [0.15, 0.2) is 0 Å². The molecule has 0 aromatic heterocycles. The van der Waals surface area contributed by atoms with E-state index in [2.05, 4.69) is 0 Å². The van der Waals surface area contributed by atoms with Crippen LogP contribution in [0.2, 0.25) is 5.02 Å². The number of methoxy groups -OCH3 is 1. The van der Waals surface area contributed by atoms with Gasteiger partial charge in [-0.15, -0.1) is 0 Å². The van der Waals surface area contributed by atoms with Gasteiger partial charge in [-0.25, -0.2) is 0 Å². The van der Waals surface area contributed by atoms with E-state index >= 15 is 0 Å². The predicted molar refractivity (Wildman–Crippen MR) is 93.5 cm³/mol. The maximum absolute atomic E-state index is 13.0. The molecule has 3 rings (SSSR count). The Balaban J connectivity index is 2.05. The summed E-state index contributed by atoms with van der Waals surface area (Å²) in [6.45, 7) is 1.94. The monoisotopic (exact) mass is 343 g/mol. The summed E-state index contributed by atoms with van der Waals surface area (Å²) in [5.41, 5.74) is 2.09. The van der Waals surface area contributed by atoms with Gasteiger partial charge in [-0.05, 0) is 43.2 Å². The van der Waals surface area contributed by atoms with Crippen molar-refractivity contribution in [3.8, 4) is 0 Å². The van der Waals surface area contributed by atoms with E-state index in [4.69, 9.17) is 16.3 Å². The molecular formula is C19H18ClNO3. The number of carbonyl (C=O) groups is 2.